The molecule has 0 aliphatic heterocycles. The molecule has 0 fully saturated rings. The number of unbranched alkanes of at least 4 members (excludes halogenated alkanes) is 16. The van der Waals surface area contributed by atoms with Crippen LogP contribution < -0.4 is 5.73 Å². The summed E-state index contributed by atoms with van der Waals surface area (Å²) in [5, 5.41) is 0. The molecule has 0 radical (unpaired) electrons. The van der Waals surface area contributed by atoms with Crippen LogP contribution in [0.4, 0.5) is 0 Å². The van der Waals surface area contributed by atoms with E-state index in [0.29, 0.717) is 12.8 Å². The minimum Gasteiger partial charge on any atom is -0.462 e. The Morgan fingerprint density at radius 3 is 1.61 bits per heavy atom. The largest absolute Gasteiger partial charge is 0.472 e. The lowest BCUT2D eigenvalue weighted by atomic mass is 10.1. The van der Waals surface area contributed by atoms with Gasteiger partial charge in [0.2, 0.25) is 0 Å². The maximum absolute atomic E-state index is 12.5. The van der Waals surface area contributed by atoms with Crippen LogP contribution in [0, 0.1) is 0 Å². The maximum atomic E-state index is 12.5. The number of hydrogen-bond acceptors (Lipinski definition) is 8. The van der Waals surface area contributed by atoms with E-state index in [-0.39, 0.29) is 32.6 Å². The van der Waals surface area contributed by atoms with Gasteiger partial charge in [0.15, 0.2) is 6.10 Å². The summed E-state index contributed by atoms with van der Waals surface area (Å²) >= 11 is 0. The number of ether oxygens (including phenoxy) is 2. The second-order valence-electron chi connectivity index (χ2n) is 13.1. The van der Waals surface area contributed by atoms with E-state index in [1.54, 1.807) is 0 Å². The van der Waals surface area contributed by atoms with Crippen molar-refractivity contribution in [1.82, 2.24) is 0 Å². The van der Waals surface area contributed by atoms with Gasteiger partial charge in [-0.2, -0.15) is 0 Å². The van der Waals surface area contributed by atoms with Gasteiger partial charge in [-0.05, 0) is 77.0 Å². The summed E-state index contributed by atoms with van der Waals surface area (Å²) < 4.78 is 32.7. The van der Waals surface area contributed by atoms with Crippen LogP contribution in [0.3, 0.4) is 0 Å². The molecule has 0 saturated carbocycles. The zero-order valence-corrected chi connectivity index (χ0v) is 33.2. The van der Waals surface area contributed by atoms with E-state index in [4.69, 9.17) is 24.3 Å². The van der Waals surface area contributed by atoms with Gasteiger partial charge in [0.05, 0.1) is 13.2 Å². The van der Waals surface area contributed by atoms with E-state index >= 15 is 0 Å². The highest BCUT2D eigenvalue weighted by molar-refractivity contribution is 7.47. The zero-order chi connectivity index (χ0) is 37.5. The summed E-state index contributed by atoms with van der Waals surface area (Å²) in [5.74, 6) is -0.881. The second-order valence-corrected chi connectivity index (χ2v) is 14.6. The first kappa shape index (κ1) is 49.0. The molecule has 0 saturated heterocycles. The number of nitrogens with two attached hydrogens (primary N) is 1. The Balaban J connectivity index is 4.28. The number of carbonyl (C=O) groups excluding carboxylic acids is 2. The molecule has 0 aromatic carbocycles. The Labute approximate surface area is 311 Å². The van der Waals surface area contributed by atoms with Crippen LogP contribution in [0.15, 0.2) is 48.6 Å². The molecule has 51 heavy (non-hydrogen) atoms. The monoisotopic (exact) mass is 740 g/mol. The van der Waals surface area contributed by atoms with Crippen molar-refractivity contribution in [3.05, 3.63) is 48.6 Å². The number of hydrogen-bond donors (Lipinski definition) is 2. The van der Waals surface area contributed by atoms with E-state index in [1.807, 2.05) is 0 Å². The molecule has 0 aromatic heterocycles. The van der Waals surface area contributed by atoms with Crippen LogP contribution in [0.2, 0.25) is 0 Å². The van der Waals surface area contributed by atoms with Crippen molar-refractivity contribution in [3.63, 3.8) is 0 Å². The molecule has 0 aliphatic rings. The number of phosphoric ester groups is 1. The summed E-state index contributed by atoms with van der Waals surface area (Å²) in [5.41, 5.74) is 5.33. The highest BCUT2D eigenvalue weighted by Gasteiger charge is 2.25. The van der Waals surface area contributed by atoms with Gasteiger partial charge in [-0.15, -0.1) is 0 Å². The summed E-state index contributed by atoms with van der Waals surface area (Å²) in [4.78, 5) is 34.7. The van der Waals surface area contributed by atoms with Crippen molar-refractivity contribution in [3.8, 4) is 0 Å². The van der Waals surface area contributed by atoms with Crippen LogP contribution >= 0.6 is 7.82 Å². The van der Waals surface area contributed by atoms with Gasteiger partial charge in [0, 0.05) is 19.4 Å². The molecule has 0 amide bonds. The molecule has 0 aromatic rings. The smallest absolute Gasteiger partial charge is 0.462 e. The molecular weight excluding hydrogens is 665 g/mol. The Morgan fingerprint density at radius 1 is 0.588 bits per heavy atom. The van der Waals surface area contributed by atoms with Crippen LogP contribution in [-0.2, 0) is 32.7 Å². The van der Waals surface area contributed by atoms with Gasteiger partial charge >= 0.3 is 19.8 Å². The van der Waals surface area contributed by atoms with Crippen molar-refractivity contribution >= 4 is 19.8 Å². The van der Waals surface area contributed by atoms with Gasteiger partial charge in [0.1, 0.15) is 6.61 Å². The van der Waals surface area contributed by atoms with Crippen LogP contribution in [0.25, 0.3) is 0 Å². The van der Waals surface area contributed by atoms with Crippen molar-refractivity contribution in [2.75, 3.05) is 26.4 Å². The fourth-order valence-corrected chi connectivity index (χ4v) is 5.93. The van der Waals surface area contributed by atoms with E-state index in [9.17, 15) is 19.0 Å². The average Bonchev–Trinajstić information content (AvgIpc) is 3.11. The Morgan fingerprint density at radius 2 is 1.02 bits per heavy atom. The van der Waals surface area contributed by atoms with E-state index in [2.05, 4.69) is 62.5 Å². The van der Waals surface area contributed by atoms with Crippen molar-refractivity contribution in [2.24, 2.45) is 5.73 Å². The Hall–Kier alpha value is -2.03. The molecule has 0 rings (SSSR count). The quantitative estimate of drug-likeness (QED) is 0.0276. The Bertz CT molecular complexity index is 981. The standard InChI is InChI=1S/C41H74NO8P/c1-3-5-7-9-11-13-15-17-19-21-23-25-27-29-31-33-40(43)47-37-39(38-49-51(45,46)48-36-35-42)50-41(44)34-32-30-28-26-24-22-20-18-16-14-12-10-8-6-4-2/h11,13-14,16-17,19,23,25,39H,3-10,12,15,18,20-22,24,26-38,42H2,1-2H3,(H,45,46)/b13-11-,16-14-,19-17-,25-23-/t39-/m1/s1. The molecule has 10 heteroatoms. The van der Waals surface area contributed by atoms with E-state index in [0.717, 1.165) is 57.8 Å². The lowest BCUT2D eigenvalue weighted by Gasteiger charge is -2.19. The van der Waals surface area contributed by atoms with Crippen LogP contribution in [0.5, 0.6) is 0 Å². The SMILES string of the molecule is CCCCC/C=C\C/C=C\C/C=C\CCCCC(=O)OC[C@H](COP(=O)(O)OCCN)OC(=O)CCCCCCCCC/C=C\CCCCCC. The summed E-state index contributed by atoms with van der Waals surface area (Å²) in [7, 11) is -4.38. The minimum absolute atomic E-state index is 0.0461. The molecule has 1 unspecified atom stereocenters. The topological polar surface area (TPSA) is 134 Å². The first-order valence-corrected chi connectivity index (χ1v) is 21.6. The minimum atomic E-state index is -4.38. The highest BCUT2D eigenvalue weighted by Crippen LogP contribution is 2.43. The third kappa shape index (κ3) is 37.5. The molecule has 0 bridgehead atoms. The second kappa shape index (κ2) is 37.7. The van der Waals surface area contributed by atoms with Gasteiger partial charge < -0.3 is 20.1 Å². The molecule has 0 heterocycles. The lowest BCUT2D eigenvalue weighted by Crippen LogP contribution is -2.29. The van der Waals surface area contributed by atoms with Gasteiger partial charge in [-0.25, -0.2) is 4.57 Å². The molecular formula is C41H74NO8P. The van der Waals surface area contributed by atoms with Crippen molar-refractivity contribution in [1.29, 1.82) is 0 Å². The molecule has 0 aliphatic carbocycles. The number of phosphoric acid groups is 1. The van der Waals surface area contributed by atoms with Crippen LogP contribution in [0.1, 0.15) is 168 Å². The molecule has 0 spiro atoms. The van der Waals surface area contributed by atoms with Gasteiger partial charge in [-0.1, -0.05) is 127 Å². The summed E-state index contributed by atoms with van der Waals surface area (Å²) in [6.07, 6.45) is 41.4. The Kier molecular flexibility index (Phi) is 36.2. The molecule has 296 valence electrons. The van der Waals surface area contributed by atoms with Gasteiger partial charge in [-0.3, -0.25) is 18.6 Å². The molecule has 9 nitrogen and oxygen atoms in total. The summed E-state index contributed by atoms with van der Waals surface area (Å²) in [6, 6.07) is 0. The normalized spacial score (nSPS) is 13.9. The van der Waals surface area contributed by atoms with Crippen molar-refractivity contribution in [2.45, 2.75) is 174 Å². The van der Waals surface area contributed by atoms with E-state index in [1.165, 1.54) is 70.6 Å². The number of allylic oxidation sites excluding steroid dienone is 8. The van der Waals surface area contributed by atoms with Crippen molar-refractivity contribution < 1.29 is 37.6 Å². The third-order valence-corrected chi connectivity index (χ3v) is 9.17. The molecule has 3 N–H and O–H groups in total. The maximum Gasteiger partial charge on any atom is 0.472 e. The van der Waals surface area contributed by atoms with E-state index < -0.39 is 32.5 Å². The number of rotatable bonds is 37. The van der Waals surface area contributed by atoms with Gasteiger partial charge in [0.25, 0.3) is 0 Å². The highest BCUT2D eigenvalue weighted by atomic mass is 31.2. The predicted molar refractivity (Wildman–Crippen MR) is 210 cm³/mol. The first-order valence-electron chi connectivity index (χ1n) is 20.1. The average molecular weight is 740 g/mol. The fraction of sp³-hybridized carbons (Fsp3) is 0.756. The zero-order valence-electron chi connectivity index (χ0n) is 32.3. The first-order chi connectivity index (χ1) is 24.8. The van der Waals surface area contributed by atoms with Crippen LogP contribution in [-0.4, -0.2) is 49.3 Å². The number of esters is 2. The fourth-order valence-electron chi connectivity index (χ4n) is 5.16. The summed E-state index contributed by atoms with van der Waals surface area (Å²) in [6.45, 7) is 3.63. The predicted octanol–water partition coefficient (Wildman–Crippen LogP) is 11.2. The number of carbonyl (C=O) groups is 2. The molecule has 2 atom stereocenters. The lowest BCUT2D eigenvalue weighted by molar-refractivity contribution is -0.161. The third-order valence-electron chi connectivity index (χ3n) is 8.19.